The maximum Gasteiger partial charge on any atom is 0.00533 e. The third-order valence-corrected chi connectivity index (χ3v) is 4.94. The standard InChI is InChI=1S/C14H27N/c1-5-13-6-7-14(8-12(13)4)9-15(10-14)11(2)3/h11-13H,5-10H2,1-4H3. The summed E-state index contributed by atoms with van der Waals surface area (Å²) in [5, 5.41) is 0. The Bertz CT molecular complexity index is 215. The minimum absolute atomic E-state index is 0.732. The Kier molecular flexibility index (Phi) is 3.12. The highest BCUT2D eigenvalue weighted by Crippen LogP contribution is 2.49. The molecule has 1 aliphatic carbocycles. The van der Waals surface area contributed by atoms with Gasteiger partial charge in [-0.3, -0.25) is 4.90 Å². The monoisotopic (exact) mass is 209 g/mol. The first-order valence-electron chi connectivity index (χ1n) is 6.80. The predicted octanol–water partition coefficient (Wildman–Crippen LogP) is 3.54. The van der Waals surface area contributed by atoms with Gasteiger partial charge >= 0.3 is 0 Å². The average molecular weight is 209 g/mol. The summed E-state index contributed by atoms with van der Waals surface area (Å²) in [5.74, 6) is 1.99. The maximum atomic E-state index is 2.64. The van der Waals surface area contributed by atoms with Gasteiger partial charge in [-0.1, -0.05) is 20.3 Å². The fraction of sp³-hybridized carbons (Fsp3) is 1.00. The average Bonchev–Trinajstić information content (AvgIpc) is 2.13. The van der Waals surface area contributed by atoms with Crippen LogP contribution in [0.2, 0.25) is 0 Å². The van der Waals surface area contributed by atoms with Gasteiger partial charge in [0.15, 0.2) is 0 Å². The molecule has 0 radical (unpaired) electrons. The van der Waals surface area contributed by atoms with Gasteiger partial charge in [-0.05, 0) is 50.4 Å². The molecule has 1 saturated heterocycles. The van der Waals surface area contributed by atoms with Gasteiger partial charge in [-0.25, -0.2) is 0 Å². The number of likely N-dealkylation sites (tertiary alicyclic amines) is 1. The number of rotatable bonds is 2. The Morgan fingerprint density at radius 2 is 2.00 bits per heavy atom. The van der Waals surface area contributed by atoms with Crippen LogP contribution in [0.3, 0.4) is 0 Å². The van der Waals surface area contributed by atoms with Crippen molar-refractivity contribution in [2.75, 3.05) is 13.1 Å². The molecule has 1 saturated carbocycles. The molecule has 88 valence electrons. The molecule has 0 N–H and O–H groups in total. The lowest BCUT2D eigenvalue weighted by Gasteiger charge is -2.56. The third-order valence-electron chi connectivity index (χ3n) is 4.94. The van der Waals surface area contributed by atoms with Gasteiger partial charge in [0.1, 0.15) is 0 Å². The van der Waals surface area contributed by atoms with Crippen molar-refractivity contribution < 1.29 is 0 Å². The molecule has 0 aromatic rings. The van der Waals surface area contributed by atoms with Gasteiger partial charge in [-0.15, -0.1) is 0 Å². The fourth-order valence-corrected chi connectivity index (χ4v) is 3.80. The summed E-state index contributed by atoms with van der Waals surface area (Å²) in [6.45, 7) is 12.3. The predicted molar refractivity (Wildman–Crippen MR) is 65.9 cm³/mol. The summed E-state index contributed by atoms with van der Waals surface area (Å²) in [7, 11) is 0. The van der Waals surface area contributed by atoms with E-state index in [1.54, 1.807) is 0 Å². The maximum absolute atomic E-state index is 2.64. The van der Waals surface area contributed by atoms with Crippen LogP contribution in [0.15, 0.2) is 0 Å². The first kappa shape index (κ1) is 11.4. The van der Waals surface area contributed by atoms with Crippen LogP contribution >= 0.6 is 0 Å². The zero-order chi connectivity index (χ0) is 11.1. The Balaban J connectivity index is 1.88. The molecule has 15 heavy (non-hydrogen) atoms. The Morgan fingerprint density at radius 1 is 1.33 bits per heavy atom. The highest BCUT2D eigenvalue weighted by Gasteiger charge is 2.47. The first-order valence-corrected chi connectivity index (χ1v) is 6.80. The molecule has 2 atom stereocenters. The summed E-state index contributed by atoms with van der Waals surface area (Å²) in [5.41, 5.74) is 0.732. The topological polar surface area (TPSA) is 3.24 Å². The van der Waals surface area contributed by atoms with E-state index in [1.165, 1.54) is 38.8 Å². The van der Waals surface area contributed by atoms with Gasteiger partial charge in [0.2, 0.25) is 0 Å². The Hall–Kier alpha value is -0.0400. The second-order valence-electron chi connectivity index (χ2n) is 6.39. The molecule has 2 aliphatic rings. The molecule has 0 bridgehead atoms. The normalized spacial score (nSPS) is 35.8. The van der Waals surface area contributed by atoms with Crippen molar-refractivity contribution in [2.24, 2.45) is 17.3 Å². The number of hydrogen-bond donors (Lipinski definition) is 0. The molecule has 1 nitrogen and oxygen atoms in total. The molecule has 2 rings (SSSR count). The van der Waals surface area contributed by atoms with Gasteiger partial charge < -0.3 is 0 Å². The van der Waals surface area contributed by atoms with E-state index < -0.39 is 0 Å². The highest BCUT2D eigenvalue weighted by atomic mass is 15.2. The fourth-order valence-electron chi connectivity index (χ4n) is 3.80. The zero-order valence-electron chi connectivity index (χ0n) is 10.9. The van der Waals surface area contributed by atoms with Crippen molar-refractivity contribution in [3.8, 4) is 0 Å². The molecule has 0 aromatic carbocycles. The smallest absolute Gasteiger partial charge is 0.00533 e. The molecule has 1 spiro atoms. The van der Waals surface area contributed by atoms with E-state index in [2.05, 4.69) is 32.6 Å². The minimum Gasteiger partial charge on any atom is -0.300 e. The van der Waals surface area contributed by atoms with E-state index in [9.17, 15) is 0 Å². The van der Waals surface area contributed by atoms with Crippen LogP contribution < -0.4 is 0 Å². The van der Waals surface area contributed by atoms with Crippen molar-refractivity contribution in [1.82, 2.24) is 4.90 Å². The van der Waals surface area contributed by atoms with Gasteiger partial charge in [0, 0.05) is 19.1 Å². The van der Waals surface area contributed by atoms with Crippen LogP contribution in [0.1, 0.15) is 53.4 Å². The summed E-state index contributed by atoms with van der Waals surface area (Å²) in [4.78, 5) is 2.64. The van der Waals surface area contributed by atoms with Crippen LogP contribution in [0.5, 0.6) is 0 Å². The second-order valence-corrected chi connectivity index (χ2v) is 6.39. The van der Waals surface area contributed by atoms with E-state index in [-0.39, 0.29) is 0 Å². The summed E-state index contributed by atoms with van der Waals surface area (Å²) >= 11 is 0. The second kappa shape index (κ2) is 4.08. The van der Waals surface area contributed by atoms with Crippen molar-refractivity contribution >= 4 is 0 Å². The lowest BCUT2D eigenvalue weighted by atomic mass is 9.61. The van der Waals surface area contributed by atoms with Crippen LogP contribution in [-0.4, -0.2) is 24.0 Å². The van der Waals surface area contributed by atoms with Crippen molar-refractivity contribution in [3.63, 3.8) is 0 Å². The largest absolute Gasteiger partial charge is 0.300 e. The molecule has 0 amide bonds. The third kappa shape index (κ3) is 2.08. The summed E-state index contributed by atoms with van der Waals surface area (Å²) in [6, 6.07) is 0.759. The summed E-state index contributed by atoms with van der Waals surface area (Å²) < 4.78 is 0. The van der Waals surface area contributed by atoms with E-state index in [0.717, 1.165) is 23.3 Å². The van der Waals surface area contributed by atoms with Crippen LogP contribution in [-0.2, 0) is 0 Å². The molecule has 1 heteroatoms. The minimum atomic E-state index is 0.732. The molecule has 2 unspecified atom stereocenters. The van der Waals surface area contributed by atoms with E-state index in [1.807, 2.05) is 0 Å². The van der Waals surface area contributed by atoms with Crippen LogP contribution in [0.4, 0.5) is 0 Å². The molecule has 1 aliphatic heterocycles. The lowest BCUT2D eigenvalue weighted by Crippen LogP contribution is -2.60. The quantitative estimate of drug-likeness (QED) is 0.672. The van der Waals surface area contributed by atoms with Crippen LogP contribution in [0.25, 0.3) is 0 Å². The number of nitrogens with zero attached hydrogens (tertiary/aromatic N) is 1. The molecule has 1 heterocycles. The van der Waals surface area contributed by atoms with Crippen molar-refractivity contribution in [2.45, 2.75) is 59.4 Å². The van der Waals surface area contributed by atoms with E-state index in [0.29, 0.717) is 0 Å². The van der Waals surface area contributed by atoms with Crippen molar-refractivity contribution in [1.29, 1.82) is 0 Å². The highest BCUT2D eigenvalue weighted by molar-refractivity contribution is 5.00. The van der Waals surface area contributed by atoms with Crippen molar-refractivity contribution in [3.05, 3.63) is 0 Å². The molecular formula is C14H27N. The van der Waals surface area contributed by atoms with Gasteiger partial charge in [0.25, 0.3) is 0 Å². The van der Waals surface area contributed by atoms with Gasteiger partial charge in [-0.2, -0.15) is 0 Å². The van der Waals surface area contributed by atoms with Crippen LogP contribution in [0, 0.1) is 17.3 Å². The van der Waals surface area contributed by atoms with E-state index in [4.69, 9.17) is 0 Å². The Labute approximate surface area is 95.2 Å². The summed E-state index contributed by atoms with van der Waals surface area (Å²) in [6.07, 6.45) is 5.88. The first-order chi connectivity index (χ1) is 7.06. The zero-order valence-corrected chi connectivity index (χ0v) is 10.9. The van der Waals surface area contributed by atoms with E-state index >= 15 is 0 Å². The Morgan fingerprint density at radius 3 is 2.47 bits per heavy atom. The van der Waals surface area contributed by atoms with Gasteiger partial charge in [0.05, 0.1) is 0 Å². The number of hydrogen-bond acceptors (Lipinski definition) is 1. The SMILES string of the molecule is CCC1CCC2(CC1C)CN(C(C)C)C2. The molecule has 2 fully saturated rings. The molecular weight excluding hydrogens is 182 g/mol. The molecule has 0 aromatic heterocycles. The lowest BCUT2D eigenvalue weighted by molar-refractivity contribution is -0.0710.